The fourth-order valence-electron chi connectivity index (χ4n) is 2.05. The predicted octanol–water partition coefficient (Wildman–Crippen LogP) is 4.50. The van der Waals surface area contributed by atoms with Gasteiger partial charge in [-0.25, -0.2) is 0 Å². The fraction of sp³-hybridized carbons (Fsp3) is 0.538. The normalized spacial score (nSPS) is 19.1. The number of benzene rings is 1. The van der Waals surface area contributed by atoms with Gasteiger partial charge in [-0.05, 0) is 25.0 Å². The summed E-state index contributed by atoms with van der Waals surface area (Å²) >= 11 is 2.08. The quantitative estimate of drug-likeness (QED) is 0.642. The van der Waals surface area contributed by atoms with Gasteiger partial charge in [0.2, 0.25) is 0 Å². The lowest BCUT2D eigenvalue weighted by molar-refractivity contribution is 0.702. The number of thioether (sulfide) groups is 1. The third-order valence-corrected chi connectivity index (χ3v) is 4.20. The highest BCUT2D eigenvalue weighted by Crippen LogP contribution is 2.32. The van der Waals surface area contributed by atoms with Gasteiger partial charge in [-0.1, -0.05) is 43.9 Å². The summed E-state index contributed by atoms with van der Waals surface area (Å²) in [6, 6.07) is 10.8. The Morgan fingerprint density at radius 1 is 0.857 bits per heavy atom. The van der Waals surface area contributed by atoms with E-state index in [0.29, 0.717) is 0 Å². The van der Waals surface area contributed by atoms with Crippen LogP contribution in [0.15, 0.2) is 35.2 Å². The first kappa shape index (κ1) is 10.1. The SMILES string of the molecule is c1ccc(SC2CCCCCC2)cc1. The van der Waals surface area contributed by atoms with E-state index in [0.717, 1.165) is 5.25 Å². The molecular formula is C13H18S. The molecule has 0 unspecified atom stereocenters. The monoisotopic (exact) mass is 206 g/mol. The zero-order chi connectivity index (χ0) is 9.64. The Hall–Kier alpha value is -0.430. The molecule has 0 nitrogen and oxygen atoms in total. The van der Waals surface area contributed by atoms with Gasteiger partial charge in [0.15, 0.2) is 0 Å². The first-order chi connectivity index (χ1) is 6.95. The maximum absolute atomic E-state index is 2.23. The second-order valence-corrected chi connectivity index (χ2v) is 5.42. The summed E-state index contributed by atoms with van der Waals surface area (Å²) in [6.45, 7) is 0. The predicted molar refractivity (Wildman–Crippen MR) is 63.8 cm³/mol. The Morgan fingerprint density at radius 3 is 2.14 bits per heavy atom. The van der Waals surface area contributed by atoms with Gasteiger partial charge in [0.05, 0.1) is 0 Å². The molecule has 1 heteroatoms. The highest BCUT2D eigenvalue weighted by atomic mass is 32.2. The van der Waals surface area contributed by atoms with Gasteiger partial charge in [-0.15, -0.1) is 11.8 Å². The van der Waals surface area contributed by atoms with Crippen LogP contribution < -0.4 is 0 Å². The highest BCUT2D eigenvalue weighted by molar-refractivity contribution is 8.00. The minimum atomic E-state index is 0.875. The van der Waals surface area contributed by atoms with Gasteiger partial charge in [0.25, 0.3) is 0 Å². The van der Waals surface area contributed by atoms with Crippen molar-refractivity contribution in [1.29, 1.82) is 0 Å². The van der Waals surface area contributed by atoms with E-state index in [-0.39, 0.29) is 0 Å². The summed E-state index contributed by atoms with van der Waals surface area (Å²) in [4.78, 5) is 1.44. The van der Waals surface area contributed by atoms with Crippen LogP contribution in [0.25, 0.3) is 0 Å². The summed E-state index contributed by atoms with van der Waals surface area (Å²) < 4.78 is 0. The molecule has 0 spiro atoms. The van der Waals surface area contributed by atoms with Crippen molar-refractivity contribution in [3.63, 3.8) is 0 Å². The summed E-state index contributed by atoms with van der Waals surface area (Å²) in [6.07, 6.45) is 8.60. The molecule has 0 bridgehead atoms. The van der Waals surface area contributed by atoms with Crippen molar-refractivity contribution >= 4 is 11.8 Å². The van der Waals surface area contributed by atoms with Gasteiger partial charge in [0.1, 0.15) is 0 Å². The summed E-state index contributed by atoms with van der Waals surface area (Å²) in [7, 11) is 0. The van der Waals surface area contributed by atoms with E-state index in [1.165, 1.54) is 43.4 Å². The molecule has 1 aliphatic rings. The molecule has 1 aromatic carbocycles. The maximum atomic E-state index is 2.23. The van der Waals surface area contributed by atoms with Gasteiger partial charge < -0.3 is 0 Å². The van der Waals surface area contributed by atoms with E-state index in [2.05, 4.69) is 42.1 Å². The van der Waals surface area contributed by atoms with Crippen LogP contribution in [-0.4, -0.2) is 5.25 Å². The van der Waals surface area contributed by atoms with Crippen LogP contribution in [0.2, 0.25) is 0 Å². The standard InChI is InChI=1S/C13H18S/c1-2-5-9-12(8-4-1)14-13-10-6-3-7-11-13/h3,6-7,10-12H,1-2,4-5,8-9H2. The molecule has 14 heavy (non-hydrogen) atoms. The van der Waals surface area contributed by atoms with Gasteiger partial charge >= 0.3 is 0 Å². The molecular weight excluding hydrogens is 188 g/mol. The minimum Gasteiger partial charge on any atom is -0.123 e. The van der Waals surface area contributed by atoms with Gasteiger partial charge in [0, 0.05) is 10.1 Å². The minimum absolute atomic E-state index is 0.875. The Morgan fingerprint density at radius 2 is 1.50 bits per heavy atom. The second kappa shape index (κ2) is 5.45. The number of hydrogen-bond donors (Lipinski definition) is 0. The van der Waals surface area contributed by atoms with E-state index in [1.807, 2.05) is 0 Å². The molecule has 0 aliphatic heterocycles. The fourth-order valence-corrected chi connectivity index (χ4v) is 3.32. The summed E-state index contributed by atoms with van der Waals surface area (Å²) in [5, 5.41) is 0.875. The van der Waals surface area contributed by atoms with Crippen LogP contribution in [0.1, 0.15) is 38.5 Å². The van der Waals surface area contributed by atoms with Crippen LogP contribution in [0.4, 0.5) is 0 Å². The van der Waals surface area contributed by atoms with E-state index in [1.54, 1.807) is 0 Å². The lowest BCUT2D eigenvalue weighted by atomic mass is 10.2. The highest BCUT2D eigenvalue weighted by Gasteiger charge is 2.12. The molecule has 0 radical (unpaired) electrons. The van der Waals surface area contributed by atoms with E-state index >= 15 is 0 Å². The van der Waals surface area contributed by atoms with Crippen molar-refractivity contribution in [2.24, 2.45) is 0 Å². The number of hydrogen-bond acceptors (Lipinski definition) is 1. The zero-order valence-electron chi connectivity index (χ0n) is 8.61. The zero-order valence-corrected chi connectivity index (χ0v) is 9.43. The van der Waals surface area contributed by atoms with Crippen LogP contribution >= 0.6 is 11.8 Å². The van der Waals surface area contributed by atoms with Crippen molar-refractivity contribution in [1.82, 2.24) is 0 Å². The van der Waals surface area contributed by atoms with Crippen molar-refractivity contribution < 1.29 is 0 Å². The molecule has 0 atom stereocenters. The number of rotatable bonds is 2. The van der Waals surface area contributed by atoms with E-state index in [4.69, 9.17) is 0 Å². The van der Waals surface area contributed by atoms with Crippen LogP contribution in [0, 0.1) is 0 Å². The first-order valence-corrected chi connectivity index (χ1v) is 6.55. The van der Waals surface area contributed by atoms with Crippen molar-refractivity contribution in [2.75, 3.05) is 0 Å². The van der Waals surface area contributed by atoms with Crippen LogP contribution in [0.3, 0.4) is 0 Å². The van der Waals surface area contributed by atoms with Gasteiger partial charge in [-0.3, -0.25) is 0 Å². The summed E-state index contributed by atoms with van der Waals surface area (Å²) in [5.74, 6) is 0. The molecule has 0 saturated heterocycles. The smallest absolute Gasteiger partial charge is 0.00944 e. The third kappa shape index (κ3) is 3.06. The third-order valence-electron chi connectivity index (χ3n) is 2.85. The lowest BCUT2D eigenvalue weighted by Gasteiger charge is -2.12. The van der Waals surface area contributed by atoms with Crippen molar-refractivity contribution in [3.05, 3.63) is 30.3 Å². The molecule has 2 rings (SSSR count). The Bertz CT molecular complexity index is 247. The Kier molecular flexibility index (Phi) is 3.93. The maximum Gasteiger partial charge on any atom is 0.00944 e. The Labute approximate surface area is 91.1 Å². The van der Waals surface area contributed by atoms with E-state index < -0.39 is 0 Å². The lowest BCUT2D eigenvalue weighted by Crippen LogP contribution is -1.99. The molecule has 1 aromatic rings. The van der Waals surface area contributed by atoms with E-state index in [9.17, 15) is 0 Å². The summed E-state index contributed by atoms with van der Waals surface area (Å²) in [5.41, 5.74) is 0. The molecule has 0 heterocycles. The molecule has 0 N–H and O–H groups in total. The largest absolute Gasteiger partial charge is 0.123 e. The molecule has 1 fully saturated rings. The van der Waals surface area contributed by atoms with Crippen LogP contribution in [0.5, 0.6) is 0 Å². The molecule has 0 amide bonds. The van der Waals surface area contributed by atoms with Crippen molar-refractivity contribution in [3.8, 4) is 0 Å². The van der Waals surface area contributed by atoms with Crippen molar-refractivity contribution in [2.45, 2.75) is 48.7 Å². The average molecular weight is 206 g/mol. The van der Waals surface area contributed by atoms with Crippen LogP contribution in [-0.2, 0) is 0 Å². The average Bonchev–Trinajstić information content (AvgIpc) is 2.48. The molecule has 0 aromatic heterocycles. The first-order valence-electron chi connectivity index (χ1n) is 5.67. The second-order valence-electron chi connectivity index (χ2n) is 4.04. The molecule has 76 valence electrons. The molecule has 1 saturated carbocycles. The molecule has 1 aliphatic carbocycles. The topological polar surface area (TPSA) is 0 Å². The Balaban J connectivity index is 1.90. The van der Waals surface area contributed by atoms with Gasteiger partial charge in [-0.2, -0.15) is 0 Å².